The molecular weight excluding hydrogens is 208 g/mol. The average molecular weight is 238 g/mol. The highest BCUT2D eigenvalue weighted by atomic mass is 15.3. The third-order valence-electron chi connectivity index (χ3n) is 4.75. The maximum Gasteiger partial charge on any atom is 0.0221 e. The van der Waals surface area contributed by atoms with Crippen molar-refractivity contribution in [3.05, 3.63) is 0 Å². The number of nitrogens with zero attached hydrogens (tertiary/aromatic N) is 1. The van der Waals surface area contributed by atoms with Gasteiger partial charge in [0.2, 0.25) is 0 Å². The van der Waals surface area contributed by atoms with Crippen molar-refractivity contribution in [2.24, 2.45) is 5.92 Å². The van der Waals surface area contributed by atoms with E-state index in [1.54, 1.807) is 0 Å². The normalized spacial score (nSPS) is 32.6. The minimum absolute atomic E-state index is 0.728. The third-order valence-corrected chi connectivity index (χ3v) is 4.75. The molecule has 17 heavy (non-hydrogen) atoms. The monoisotopic (exact) mass is 238 g/mol. The smallest absolute Gasteiger partial charge is 0.0221 e. The molecule has 0 aromatic heterocycles. The van der Waals surface area contributed by atoms with E-state index in [2.05, 4.69) is 31.0 Å². The third kappa shape index (κ3) is 3.45. The van der Waals surface area contributed by atoms with Gasteiger partial charge in [-0.1, -0.05) is 33.6 Å². The molecule has 1 N–H and O–H groups in total. The van der Waals surface area contributed by atoms with Crippen LogP contribution in [-0.4, -0.2) is 36.1 Å². The van der Waals surface area contributed by atoms with E-state index in [1.807, 2.05) is 0 Å². The molecule has 3 atom stereocenters. The summed E-state index contributed by atoms with van der Waals surface area (Å²) in [5.41, 5.74) is 0. The predicted octanol–water partition coefficient (Wildman–Crippen LogP) is 3.03. The van der Waals surface area contributed by atoms with Gasteiger partial charge in [0.25, 0.3) is 0 Å². The molecule has 1 heterocycles. The second-order valence-electron chi connectivity index (χ2n) is 6.01. The van der Waals surface area contributed by atoms with E-state index in [0.717, 1.165) is 24.0 Å². The van der Waals surface area contributed by atoms with Gasteiger partial charge in [0, 0.05) is 31.2 Å². The fraction of sp³-hybridized carbons (Fsp3) is 1.00. The Hall–Kier alpha value is -0.0800. The van der Waals surface area contributed by atoms with Crippen LogP contribution >= 0.6 is 0 Å². The molecule has 1 aliphatic carbocycles. The lowest BCUT2D eigenvalue weighted by Gasteiger charge is -2.44. The standard InChI is InChI=1S/C15H30N2/c1-4-13-11-17(15(6-3)10-16-13)14(5-2)9-12-7-8-12/h12-16H,4-11H2,1-3H3. The van der Waals surface area contributed by atoms with Gasteiger partial charge in [-0.05, 0) is 31.6 Å². The minimum Gasteiger partial charge on any atom is -0.311 e. The molecule has 2 fully saturated rings. The molecule has 0 bridgehead atoms. The van der Waals surface area contributed by atoms with Crippen molar-refractivity contribution in [2.75, 3.05) is 13.1 Å². The summed E-state index contributed by atoms with van der Waals surface area (Å²) in [6, 6.07) is 2.36. The molecule has 0 spiro atoms. The highest BCUT2D eigenvalue weighted by Gasteiger charge is 2.33. The van der Waals surface area contributed by atoms with E-state index in [9.17, 15) is 0 Å². The van der Waals surface area contributed by atoms with Crippen LogP contribution in [0, 0.1) is 5.92 Å². The number of hydrogen-bond acceptors (Lipinski definition) is 2. The number of rotatable bonds is 6. The molecule has 0 radical (unpaired) electrons. The van der Waals surface area contributed by atoms with E-state index < -0.39 is 0 Å². The zero-order chi connectivity index (χ0) is 12.3. The fourth-order valence-electron chi connectivity index (χ4n) is 3.26. The predicted molar refractivity (Wildman–Crippen MR) is 74.3 cm³/mol. The van der Waals surface area contributed by atoms with Gasteiger partial charge in [0.05, 0.1) is 0 Å². The van der Waals surface area contributed by atoms with Gasteiger partial charge in [0.15, 0.2) is 0 Å². The van der Waals surface area contributed by atoms with Crippen molar-refractivity contribution in [3.8, 4) is 0 Å². The quantitative estimate of drug-likeness (QED) is 0.765. The van der Waals surface area contributed by atoms with Crippen LogP contribution in [0.25, 0.3) is 0 Å². The van der Waals surface area contributed by atoms with Gasteiger partial charge in [-0.3, -0.25) is 4.90 Å². The van der Waals surface area contributed by atoms with Gasteiger partial charge in [-0.25, -0.2) is 0 Å². The summed E-state index contributed by atoms with van der Waals surface area (Å²) >= 11 is 0. The summed E-state index contributed by atoms with van der Waals surface area (Å²) in [5.74, 6) is 1.06. The molecule has 2 aliphatic rings. The van der Waals surface area contributed by atoms with Gasteiger partial charge in [-0.2, -0.15) is 0 Å². The molecule has 1 saturated heterocycles. The first-order valence-electron chi connectivity index (χ1n) is 7.77. The van der Waals surface area contributed by atoms with Crippen LogP contribution in [-0.2, 0) is 0 Å². The second-order valence-corrected chi connectivity index (χ2v) is 6.01. The van der Waals surface area contributed by atoms with Crippen molar-refractivity contribution in [2.45, 2.75) is 77.4 Å². The lowest BCUT2D eigenvalue weighted by molar-refractivity contribution is 0.0682. The maximum atomic E-state index is 3.71. The Morgan fingerprint density at radius 3 is 2.47 bits per heavy atom. The first-order valence-corrected chi connectivity index (χ1v) is 7.77. The largest absolute Gasteiger partial charge is 0.311 e. The van der Waals surface area contributed by atoms with Gasteiger partial charge in [0.1, 0.15) is 0 Å². The maximum absolute atomic E-state index is 3.71. The van der Waals surface area contributed by atoms with Gasteiger partial charge >= 0.3 is 0 Å². The topological polar surface area (TPSA) is 15.3 Å². The summed E-state index contributed by atoms with van der Waals surface area (Å²) in [4.78, 5) is 2.84. The first-order chi connectivity index (χ1) is 8.28. The second kappa shape index (κ2) is 6.19. The van der Waals surface area contributed by atoms with Crippen LogP contribution < -0.4 is 5.32 Å². The Morgan fingerprint density at radius 2 is 1.94 bits per heavy atom. The molecule has 0 aromatic rings. The van der Waals surface area contributed by atoms with Crippen LogP contribution in [0.2, 0.25) is 0 Å². The van der Waals surface area contributed by atoms with E-state index in [4.69, 9.17) is 0 Å². The number of nitrogens with one attached hydrogen (secondary N) is 1. The molecule has 2 rings (SSSR count). The lowest BCUT2D eigenvalue weighted by Crippen LogP contribution is -2.59. The summed E-state index contributed by atoms with van der Waals surface area (Å²) in [6.07, 6.45) is 8.36. The van der Waals surface area contributed by atoms with Crippen LogP contribution in [0.4, 0.5) is 0 Å². The Kier molecular flexibility index (Phi) is 4.87. The Morgan fingerprint density at radius 1 is 1.18 bits per heavy atom. The SMILES string of the molecule is CCC1CN(C(CC)CC2CC2)C(CC)CN1. The Labute approximate surface area is 107 Å². The van der Waals surface area contributed by atoms with E-state index in [-0.39, 0.29) is 0 Å². The molecule has 2 heteroatoms. The molecule has 0 aromatic carbocycles. The van der Waals surface area contributed by atoms with E-state index in [0.29, 0.717) is 0 Å². The average Bonchev–Trinajstić information content (AvgIpc) is 3.19. The number of piperazine rings is 1. The Bertz CT molecular complexity index is 225. The van der Waals surface area contributed by atoms with Crippen LogP contribution in [0.3, 0.4) is 0 Å². The van der Waals surface area contributed by atoms with Gasteiger partial charge in [-0.15, -0.1) is 0 Å². The van der Waals surface area contributed by atoms with Crippen molar-refractivity contribution in [1.82, 2.24) is 10.2 Å². The fourth-order valence-corrected chi connectivity index (χ4v) is 3.26. The van der Waals surface area contributed by atoms with Crippen molar-refractivity contribution >= 4 is 0 Å². The molecule has 100 valence electrons. The van der Waals surface area contributed by atoms with Crippen LogP contribution in [0.5, 0.6) is 0 Å². The van der Waals surface area contributed by atoms with E-state index in [1.165, 1.54) is 51.6 Å². The Balaban J connectivity index is 1.95. The molecule has 3 unspecified atom stereocenters. The summed E-state index contributed by atoms with van der Waals surface area (Å²) < 4.78 is 0. The number of hydrogen-bond donors (Lipinski definition) is 1. The minimum atomic E-state index is 0.728. The zero-order valence-corrected chi connectivity index (χ0v) is 11.9. The van der Waals surface area contributed by atoms with Crippen molar-refractivity contribution in [3.63, 3.8) is 0 Å². The molecule has 1 aliphatic heterocycles. The highest BCUT2D eigenvalue weighted by molar-refractivity contribution is 4.90. The summed E-state index contributed by atoms with van der Waals surface area (Å²) in [6.45, 7) is 9.51. The van der Waals surface area contributed by atoms with Gasteiger partial charge < -0.3 is 5.32 Å². The molecular formula is C15H30N2. The molecule has 0 amide bonds. The van der Waals surface area contributed by atoms with Crippen LogP contribution in [0.1, 0.15) is 59.3 Å². The highest BCUT2D eigenvalue weighted by Crippen LogP contribution is 2.36. The molecule has 2 nitrogen and oxygen atoms in total. The lowest BCUT2D eigenvalue weighted by atomic mass is 9.98. The molecule has 1 saturated carbocycles. The summed E-state index contributed by atoms with van der Waals surface area (Å²) in [7, 11) is 0. The van der Waals surface area contributed by atoms with Crippen LogP contribution in [0.15, 0.2) is 0 Å². The first kappa shape index (κ1) is 13.4. The van der Waals surface area contributed by atoms with E-state index >= 15 is 0 Å². The van der Waals surface area contributed by atoms with Crippen molar-refractivity contribution in [1.29, 1.82) is 0 Å². The van der Waals surface area contributed by atoms with Crippen molar-refractivity contribution < 1.29 is 0 Å². The summed E-state index contributed by atoms with van der Waals surface area (Å²) in [5, 5.41) is 3.71. The zero-order valence-electron chi connectivity index (χ0n) is 11.9.